The number of fused-ring (bicyclic) bond motifs is 1. The first-order valence-corrected chi connectivity index (χ1v) is 11.4. The normalized spacial score (nSPS) is 12.1. The molecule has 0 spiro atoms. The number of ether oxygens (including phenoxy) is 1. The van der Waals surface area contributed by atoms with Crippen molar-refractivity contribution in [2.75, 3.05) is 0 Å². The summed E-state index contributed by atoms with van der Waals surface area (Å²) in [6, 6.07) is 19.2. The number of hydrogen-bond donors (Lipinski definition) is 2. The average Bonchev–Trinajstić information content (AvgIpc) is 3.26. The van der Waals surface area contributed by atoms with Gasteiger partial charge in [0, 0.05) is 28.7 Å². The molecule has 0 aliphatic carbocycles. The number of nitrogens with zero attached hydrogens (tertiary/aromatic N) is 1. The first kappa shape index (κ1) is 25.5. The quantitative estimate of drug-likeness (QED) is 0.279. The van der Waals surface area contributed by atoms with Gasteiger partial charge in [0.05, 0.1) is 18.1 Å². The Hall–Kier alpha value is -4.58. The summed E-state index contributed by atoms with van der Waals surface area (Å²) in [5, 5.41) is 12.9. The third-order valence-corrected chi connectivity index (χ3v) is 5.87. The molecule has 0 radical (unpaired) electrons. The molecule has 9 heteroatoms. The Morgan fingerprint density at radius 2 is 1.81 bits per heavy atom. The van der Waals surface area contributed by atoms with Gasteiger partial charge in [0.25, 0.3) is 5.91 Å². The molecule has 0 aliphatic rings. The molecular weight excluding hydrogens is 483 g/mol. The van der Waals surface area contributed by atoms with Crippen molar-refractivity contribution in [1.82, 2.24) is 10.3 Å². The molecule has 0 aliphatic heterocycles. The number of para-hydroxylation sites is 1. The summed E-state index contributed by atoms with van der Waals surface area (Å²) in [5.41, 5.74) is 2.80. The zero-order valence-corrected chi connectivity index (χ0v) is 19.7. The van der Waals surface area contributed by atoms with E-state index in [2.05, 4.69) is 15.0 Å². The van der Waals surface area contributed by atoms with E-state index in [1.165, 1.54) is 19.1 Å². The van der Waals surface area contributed by atoms with Gasteiger partial charge in [-0.25, -0.2) is 0 Å². The van der Waals surface area contributed by atoms with E-state index in [0.717, 1.165) is 22.5 Å². The second-order valence-corrected chi connectivity index (χ2v) is 8.49. The Kier molecular flexibility index (Phi) is 7.30. The van der Waals surface area contributed by atoms with Crippen molar-refractivity contribution in [3.8, 4) is 22.9 Å². The first-order chi connectivity index (χ1) is 17.6. The second-order valence-electron chi connectivity index (χ2n) is 8.49. The molecule has 3 aromatic carbocycles. The van der Waals surface area contributed by atoms with Crippen LogP contribution in [0.4, 0.5) is 13.2 Å². The molecule has 2 N–H and O–H groups in total. The lowest BCUT2D eigenvalue weighted by molar-refractivity contribution is -0.274. The molecule has 1 heterocycles. The van der Waals surface area contributed by atoms with Crippen LogP contribution in [-0.2, 0) is 6.42 Å². The summed E-state index contributed by atoms with van der Waals surface area (Å²) in [6.07, 6.45) is -3.00. The number of aromatic amines is 1. The van der Waals surface area contributed by atoms with E-state index in [4.69, 9.17) is 0 Å². The van der Waals surface area contributed by atoms with Crippen LogP contribution in [0.3, 0.4) is 0 Å². The van der Waals surface area contributed by atoms with Crippen molar-refractivity contribution in [3.05, 3.63) is 89.6 Å². The number of carbonyl (C=O) groups excluding carboxylic acids is 2. The number of aromatic nitrogens is 1. The Balaban J connectivity index is 1.67. The highest BCUT2D eigenvalue weighted by atomic mass is 19.4. The van der Waals surface area contributed by atoms with E-state index in [-0.39, 0.29) is 17.8 Å². The number of amides is 1. The van der Waals surface area contributed by atoms with Gasteiger partial charge in [-0.2, -0.15) is 5.26 Å². The number of nitriles is 1. The lowest BCUT2D eigenvalue weighted by atomic mass is 9.98. The molecule has 1 amide bonds. The fraction of sp³-hybridized carbons (Fsp3) is 0.179. The minimum absolute atomic E-state index is 0.0545. The summed E-state index contributed by atoms with van der Waals surface area (Å²) >= 11 is 0. The summed E-state index contributed by atoms with van der Waals surface area (Å²) in [7, 11) is 0. The van der Waals surface area contributed by atoms with Gasteiger partial charge in [-0.3, -0.25) is 9.59 Å². The molecule has 0 saturated carbocycles. The number of Topliss-reactive ketones (excluding diaryl/α,β-unsaturated/α-hetero) is 1. The van der Waals surface area contributed by atoms with Gasteiger partial charge >= 0.3 is 6.36 Å². The zero-order chi connectivity index (χ0) is 26.6. The van der Waals surface area contributed by atoms with Gasteiger partial charge in [0.1, 0.15) is 5.75 Å². The number of carbonyl (C=O) groups is 2. The molecular formula is C28H22F3N3O3. The zero-order valence-electron chi connectivity index (χ0n) is 19.7. The molecule has 1 unspecified atom stereocenters. The molecule has 37 heavy (non-hydrogen) atoms. The lowest BCUT2D eigenvalue weighted by Gasteiger charge is -2.19. The van der Waals surface area contributed by atoms with Crippen LogP contribution >= 0.6 is 0 Å². The molecule has 188 valence electrons. The molecule has 6 nitrogen and oxygen atoms in total. The number of nitrogens with one attached hydrogen (secondary N) is 2. The Morgan fingerprint density at radius 1 is 1.05 bits per heavy atom. The number of ketones is 1. The van der Waals surface area contributed by atoms with Gasteiger partial charge in [-0.05, 0) is 54.3 Å². The highest BCUT2D eigenvalue weighted by Crippen LogP contribution is 2.31. The maximum Gasteiger partial charge on any atom is 0.573 e. The fourth-order valence-corrected chi connectivity index (χ4v) is 4.13. The van der Waals surface area contributed by atoms with E-state index < -0.39 is 24.1 Å². The van der Waals surface area contributed by atoms with Crippen LogP contribution in [-0.4, -0.2) is 29.1 Å². The maximum atomic E-state index is 13.3. The SMILES string of the molecule is CC(=O)c1cccc(-c2ccc(OC(F)(F)F)c(C(=O)NC(CC#N)Cc3c[nH]c4ccccc34)c2)c1. The van der Waals surface area contributed by atoms with Crippen molar-refractivity contribution >= 4 is 22.6 Å². The molecule has 1 aromatic heterocycles. The van der Waals surface area contributed by atoms with Gasteiger partial charge < -0.3 is 15.0 Å². The topological polar surface area (TPSA) is 95.0 Å². The molecule has 0 bridgehead atoms. The van der Waals surface area contributed by atoms with Crippen LogP contribution in [0.25, 0.3) is 22.0 Å². The fourth-order valence-electron chi connectivity index (χ4n) is 4.13. The standard InChI is InChI=1S/C28H22F3N3O3/c1-17(35)18-5-4-6-19(13-18)20-9-10-26(37-28(29,30)31)24(15-20)27(36)34-22(11-12-32)14-21-16-33-25-8-3-2-7-23(21)25/h2-10,13,15-16,22,33H,11,14H2,1H3,(H,34,36). The van der Waals surface area contributed by atoms with E-state index in [1.807, 2.05) is 30.3 Å². The van der Waals surface area contributed by atoms with Crippen LogP contribution < -0.4 is 10.1 Å². The Bertz CT molecular complexity index is 1500. The van der Waals surface area contributed by atoms with Crippen LogP contribution in [0.1, 0.15) is 39.6 Å². The summed E-state index contributed by atoms with van der Waals surface area (Å²) in [5.74, 6) is -1.66. The minimum Gasteiger partial charge on any atom is -0.405 e. The van der Waals surface area contributed by atoms with Crippen LogP contribution in [0, 0.1) is 11.3 Å². The largest absolute Gasteiger partial charge is 0.573 e. The average molecular weight is 505 g/mol. The highest BCUT2D eigenvalue weighted by molar-refractivity contribution is 5.99. The number of rotatable bonds is 8. The van der Waals surface area contributed by atoms with Crippen molar-refractivity contribution < 1.29 is 27.5 Å². The molecule has 4 rings (SSSR count). The number of benzene rings is 3. The first-order valence-electron chi connectivity index (χ1n) is 11.4. The van der Waals surface area contributed by atoms with Crippen LogP contribution in [0.15, 0.2) is 72.9 Å². The van der Waals surface area contributed by atoms with Gasteiger partial charge in [0.15, 0.2) is 5.78 Å². The van der Waals surface area contributed by atoms with Crippen LogP contribution in [0.5, 0.6) is 5.75 Å². The van der Waals surface area contributed by atoms with Gasteiger partial charge in [-0.1, -0.05) is 42.5 Å². The molecule has 1 atom stereocenters. The number of halogens is 3. The third-order valence-electron chi connectivity index (χ3n) is 5.87. The van der Waals surface area contributed by atoms with Crippen molar-refractivity contribution in [2.45, 2.75) is 32.2 Å². The van der Waals surface area contributed by atoms with E-state index >= 15 is 0 Å². The summed E-state index contributed by atoms with van der Waals surface area (Å²) in [4.78, 5) is 28.2. The van der Waals surface area contributed by atoms with Crippen molar-refractivity contribution in [3.63, 3.8) is 0 Å². The molecule has 4 aromatic rings. The van der Waals surface area contributed by atoms with Crippen molar-refractivity contribution in [1.29, 1.82) is 5.26 Å². The molecule has 0 fully saturated rings. The maximum absolute atomic E-state index is 13.3. The lowest BCUT2D eigenvalue weighted by Crippen LogP contribution is -2.36. The Labute approximate surface area is 210 Å². The number of hydrogen-bond acceptors (Lipinski definition) is 4. The second kappa shape index (κ2) is 10.6. The predicted molar refractivity (Wildman–Crippen MR) is 132 cm³/mol. The monoisotopic (exact) mass is 505 g/mol. The van der Waals surface area contributed by atoms with Gasteiger partial charge in [0.2, 0.25) is 0 Å². The van der Waals surface area contributed by atoms with Crippen LogP contribution in [0.2, 0.25) is 0 Å². The van der Waals surface area contributed by atoms with E-state index in [9.17, 15) is 28.0 Å². The summed E-state index contributed by atoms with van der Waals surface area (Å²) < 4.78 is 43.4. The van der Waals surface area contributed by atoms with Gasteiger partial charge in [-0.15, -0.1) is 13.2 Å². The molecule has 0 saturated heterocycles. The highest BCUT2D eigenvalue weighted by Gasteiger charge is 2.33. The number of H-pyrrole nitrogens is 1. The smallest absolute Gasteiger partial charge is 0.405 e. The predicted octanol–water partition coefficient (Wildman–Crippen LogP) is 6.19. The third kappa shape index (κ3) is 6.16. The van der Waals surface area contributed by atoms with Crippen molar-refractivity contribution in [2.24, 2.45) is 0 Å². The van der Waals surface area contributed by atoms with E-state index in [0.29, 0.717) is 23.1 Å². The van der Waals surface area contributed by atoms with E-state index in [1.54, 1.807) is 30.5 Å². The summed E-state index contributed by atoms with van der Waals surface area (Å²) in [6.45, 7) is 1.40. The minimum atomic E-state index is -5.01. The Morgan fingerprint density at radius 3 is 2.54 bits per heavy atom. The number of alkyl halides is 3.